The van der Waals surface area contributed by atoms with Gasteiger partial charge in [0, 0.05) is 18.7 Å². The van der Waals surface area contributed by atoms with E-state index in [2.05, 4.69) is 0 Å². The van der Waals surface area contributed by atoms with Gasteiger partial charge in [-0.1, -0.05) is 24.3 Å². The van der Waals surface area contributed by atoms with Crippen molar-refractivity contribution >= 4 is 11.0 Å². The molecule has 38 heavy (non-hydrogen) atoms. The Bertz CT molecular complexity index is 1560. The summed E-state index contributed by atoms with van der Waals surface area (Å²) in [5, 5.41) is 0.0178. The van der Waals surface area contributed by atoms with Crippen LogP contribution in [0, 0.1) is 0 Å². The van der Waals surface area contributed by atoms with E-state index in [1.807, 2.05) is 29.2 Å². The average molecular weight is 527 g/mol. The summed E-state index contributed by atoms with van der Waals surface area (Å²) in [5.41, 5.74) is -0.323. The molecule has 0 N–H and O–H groups in total. The minimum absolute atomic E-state index is 0.00241. The first-order valence-electron chi connectivity index (χ1n) is 11.6. The van der Waals surface area contributed by atoms with Crippen LogP contribution in [-0.2, 0) is 19.3 Å². The number of methoxy groups -OCH3 is 3. The minimum atomic E-state index is -4.94. The summed E-state index contributed by atoms with van der Waals surface area (Å²) < 4.78 is 70.1. The Morgan fingerprint density at radius 3 is 2.37 bits per heavy atom. The smallest absolute Gasteiger partial charge is 0.450 e. The average Bonchev–Trinajstić information content (AvgIpc) is 2.92. The lowest BCUT2D eigenvalue weighted by molar-refractivity contribution is -0.152. The van der Waals surface area contributed by atoms with Crippen LogP contribution in [-0.4, -0.2) is 33.0 Å². The van der Waals surface area contributed by atoms with E-state index in [-0.39, 0.29) is 35.6 Å². The van der Waals surface area contributed by atoms with Crippen LogP contribution in [0.3, 0.4) is 0 Å². The maximum atomic E-state index is 14.3. The summed E-state index contributed by atoms with van der Waals surface area (Å²) in [6, 6.07) is 14.6. The molecule has 4 aromatic rings. The number of benzene rings is 3. The molecule has 0 atom stereocenters. The third-order valence-corrected chi connectivity index (χ3v) is 6.42. The molecule has 1 aromatic heterocycles. The van der Waals surface area contributed by atoms with Gasteiger partial charge in [0.05, 0.1) is 37.8 Å². The SMILES string of the molecule is COc1ccccc1CN1COc2ccc3c(=O)c(-c4ccc(OC)c(OC)c4)c(C(F)(F)F)oc3c2C1. The van der Waals surface area contributed by atoms with Crippen LogP contribution in [0.25, 0.3) is 22.1 Å². The maximum Gasteiger partial charge on any atom is 0.450 e. The van der Waals surface area contributed by atoms with Gasteiger partial charge in [-0.25, -0.2) is 0 Å². The van der Waals surface area contributed by atoms with Gasteiger partial charge in [0.25, 0.3) is 0 Å². The molecule has 2 heterocycles. The van der Waals surface area contributed by atoms with Crippen LogP contribution in [0.5, 0.6) is 23.0 Å². The van der Waals surface area contributed by atoms with Crippen LogP contribution in [0.4, 0.5) is 13.2 Å². The Hall–Kier alpha value is -4.18. The summed E-state index contributed by atoms with van der Waals surface area (Å²) in [6.45, 7) is 0.831. The largest absolute Gasteiger partial charge is 0.496 e. The van der Waals surface area contributed by atoms with Gasteiger partial charge in [-0.15, -0.1) is 0 Å². The third-order valence-electron chi connectivity index (χ3n) is 6.42. The first-order chi connectivity index (χ1) is 18.2. The van der Waals surface area contributed by atoms with Crippen molar-refractivity contribution in [1.82, 2.24) is 4.90 Å². The number of ether oxygens (including phenoxy) is 4. The topological polar surface area (TPSA) is 70.4 Å². The molecule has 7 nitrogen and oxygen atoms in total. The molecular formula is C28H24F3NO6. The first kappa shape index (κ1) is 25.5. The van der Waals surface area contributed by atoms with E-state index in [4.69, 9.17) is 23.4 Å². The number of para-hydroxylation sites is 1. The zero-order valence-electron chi connectivity index (χ0n) is 20.8. The van der Waals surface area contributed by atoms with Crippen LogP contribution >= 0.6 is 0 Å². The second kappa shape index (κ2) is 9.94. The van der Waals surface area contributed by atoms with Crippen molar-refractivity contribution in [1.29, 1.82) is 0 Å². The summed E-state index contributed by atoms with van der Waals surface area (Å²) >= 11 is 0. The van der Waals surface area contributed by atoms with E-state index in [0.29, 0.717) is 29.4 Å². The Kier molecular flexibility index (Phi) is 6.66. The molecule has 0 radical (unpaired) electrons. The predicted octanol–water partition coefficient (Wildman–Crippen LogP) is 5.86. The highest BCUT2D eigenvalue weighted by atomic mass is 19.4. The van der Waals surface area contributed by atoms with Crippen LogP contribution in [0.2, 0.25) is 0 Å². The van der Waals surface area contributed by atoms with Gasteiger partial charge in [-0.05, 0) is 35.9 Å². The van der Waals surface area contributed by atoms with Gasteiger partial charge in [-0.2, -0.15) is 13.2 Å². The molecule has 0 saturated carbocycles. The molecule has 0 spiro atoms. The molecule has 5 rings (SSSR count). The van der Waals surface area contributed by atoms with E-state index in [0.717, 1.165) is 5.56 Å². The molecule has 198 valence electrons. The quantitative estimate of drug-likeness (QED) is 0.311. The van der Waals surface area contributed by atoms with Crippen molar-refractivity contribution in [3.63, 3.8) is 0 Å². The second-order valence-electron chi connectivity index (χ2n) is 8.69. The molecule has 0 saturated heterocycles. The molecule has 0 bridgehead atoms. The lowest BCUT2D eigenvalue weighted by atomic mass is 9.99. The Labute approximate surface area is 215 Å². The third kappa shape index (κ3) is 4.51. The second-order valence-corrected chi connectivity index (χ2v) is 8.69. The molecular weight excluding hydrogens is 503 g/mol. The summed E-state index contributed by atoms with van der Waals surface area (Å²) in [6.07, 6.45) is -4.94. The van der Waals surface area contributed by atoms with E-state index >= 15 is 0 Å². The highest BCUT2D eigenvalue weighted by Crippen LogP contribution is 2.42. The zero-order valence-corrected chi connectivity index (χ0v) is 20.8. The fourth-order valence-electron chi connectivity index (χ4n) is 4.64. The Morgan fingerprint density at radius 1 is 0.921 bits per heavy atom. The zero-order chi connectivity index (χ0) is 27.0. The standard InChI is InChI=1S/C28H24F3NO6/c1-34-20-7-5-4-6-17(20)13-32-14-19-21(37-15-32)11-9-18-25(33)24(27(28(29,30)31)38-26(18)19)16-8-10-22(35-2)23(12-16)36-3/h4-12H,13-15H2,1-3H3. The number of halogens is 3. The highest BCUT2D eigenvalue weighted by molar-refractivity contribution is 5.87. The lowest BCUT2D eigenvalue weighted by Crippen LogP contribution is -2.32. The van der Waals surface area contributed by atoms with Crippen LogP contribution < -0.4 is 24.4 Å². The molecule has 0 unspecified atom stereocenters. The van der Waals surface area contributed by atoms with Crippen molar-refractivity contribution < 1.29 is 36.5 Å². The summed E-state index contributed by atoms with van der Waals surface area (Å²) in [7, 11) is 4.33. The highest BCUT2D eigenvalue weighted by Gasteiger charge is 2.40. The number of fused-ring (bicyclic) bond motifs is 3. The Balaban J connectivity index is 1.64. The van der Waals surface area contributed by atoms with Crippen molar-refractivity contribution in [3.8, 4) is 34.1 Å². The van der Waals surface area contributed by atoms with Crippen molar-refractivity contribution in [2.45, 2.75) is 19.3 Å². The normalized spacial score (nSPS) is 13.6. The molecule has 1 aliphatic heterocycles. The number of alkyl halides is 3. The van der Waals surface area contributed by atoms with E-state index in [1.54, 1.807) is 13.2 Å². The van der Waals surface area contributed by atoms with Crippen LogP contribution in [0.15, 0.2) is 63.8 Å². The van der Waals surface area contributed by atoms with Crippen molar-refractivity contribution in [2.75, 3.05) is 28.1 Å². The van der Waals surface area contributed by atoms with Gasteiger partial charge in [0.15, 0.2) is 11.5 Å². The molecule has 0 aliphatic carbocycles. The lowest BCUT2D eigenvalue weighted by Gasteiger charge is -2.30. The van der Waals surface area contributed by atoms with E-state index in [1.165, 1.54) is 38.5 Å². The van der Waals surface area contributed by atoms with Gasteiger partial charge in [0.2, 0.25) is 11.2 Å². The fraction of sp³-hybridized carbons (Fsp3) is 0.250. The number of hydrogen-bond acceptors (Lipinski definition) is 7. The molecule has 0 fully saturated rings. The predicted molar refractivity (Wildman–Crippen MR) is 134 cm³/mol. The fourth-order valence-corrected chi connectivity index (χ4v) is 4.64. The number of hydrogen-bond donors (Lipinski definition) is 0. The number of rotatable bonds is 6. The molecule has 1 aliphatic rings. The van der Waals surface area contributed by atoms with Crippen LogP contribution in [0.1, 0.15) is 16.9 Å². The Morgan fingerprint density at radius 2 is 1.66 bits per heavy atom. The molecule has 3 aromatic carbocycles. The van der Waals surface area contributed by atoms with Gasteiger partial charge < -0.3 is 23.4 Å². The van der Waals surface area contributed by atoms with Crippen molar-refractivity contribution in [2.24, 2.45) is 0 Å². The van der Waals surface area contributed by atoms with E-state index in [9.17, 15) is 18.0 Å². The molecule has 0 amide bonds. The maximum absolute atomic E-state index is 14.3. The minimum Gasteiger partial charge on any atom is -0.496 e. The first-order valence-corrected chi connectivity index (χ1v) is 11.6. The van der Waals surface area contributed by atoms with Gasteiger partial charge in [0.1, 0.15) is 23.8 Å². The van der Waals surface area contributed by atoms with Gasteiger partial charge in [-0.3, -0.25) is 9.69 Å². The summed E-state index contributed by atoms with van der Waals surface area (Å²) in [4.78, 5) is 15.5. The monoisotopic (exact) mass is 527 g/mol. The van der Waals surface area contributed by atoms with Gasteiger partial charge >= 0.3 is 6.18 Å². The van der Waals surface area contributed by atoms with E-state index < -0.39 is 22.9 Å². The summed E-state index contributed by atoms with van der Waals surface area (Å²) in [5.74, 6) is 0.155. The molecule has 10 heteroatoms. The van der Waals surface area contributed by atoms with Crippen molar-refractivity contribution in [3.05, 3.63) is 81.7 Å². The number of nitrogens with zero attached hydrogens (tertiary/aromatic N) is 1.